The minimum absolute atomic E-state index is 0.00194. The van der Waals surface area contributed by atoms with E-state index < -0.39 is 0 Å². The summed E-state index contributed by atoms with van der Waals surface area (Å²) in [5.74, 6) is 1.16. The van der Waals surface area contributed by atoms with Crippen LogP contribution in [0.4, 0.5) is 5.82 Å². The van der Waals surface area contributed by atoms with Gasteiger partial charge in [-0.2, -0.15) is 5.10 Å². The summed E-state index contributed by atoms with van der Waals surface area (Å²) in [5, 5.41) is 7.71. The zero-order valence-electron chi connectivity index (χ0n) is 14.1. The molecule has 1 aromatic carbocycles. The summed E-state index contributed by atoms with van der Waals surface area (Å²) < 4.78 is 1.74. The molecule has 1 atom stereocenters. The molecule has 25 heavy (non-hydrogen) atoms. The lowest BCUT2D eigenvalue weighted by atomic mass is 9.98. The molecule has 0 bridgehead atoms. The van der Waals surface area contributed by atoms with Crippen LogP contribution in [0.2, 0.25) is 0 Å². The third-order valence-corrected chi connectivity index (χ3v) is 5.62. The number of carbonyl (C=O) groups excluding carboxylic acids is 1. The Balaban J connectivity index is 1.96. The van der Waals surface area contributed by atoms with Gasteiger partial charge < -0.3 is 5.32 Å². The fourth-order valence-electron chi connectivity index (χ4n) is 3.17. The summed E-state index contributed by atoms with van der Waals surface area (Å²) >= 11 is 1.63. The number of fused-ring (bicyclic) bond motifs is 1. The van der Waals surface area contributed by atoms with Gasteiger partial charge >= 0.3 is 0 Å². The second-order valence-corrected chi connectivity index (χ2v) is 7.14. The van der Waals surface area contributed by atoms with E-state index in [1.54, 1.807) is 22.6 Å². The summed E-state index contributed by atoms with van der Waals surface area (Å²) in [4.78, 5) is 16.7. The number of carbonyl (C=O) groups is 1. The van der Waals surface area contributed by atoms with Gasteiger partial charge in [-0.15, -0.1) is 11.8 Å². The molecule has 1 aliphatic heterocycles. The minimum atomic E-state index is -0.00194. The molecule has 0 saturated heterocycles. The second kappa shape index (κ2) is 6.37. The summed E-state index contributed by atoms with van der Waals surface area (Å²) in [6, 6.07) is 14.1. The number of thioether (sulfide) groups is 1. The Bertz CT molecular complexity index is 936. The molecule has 3 aromatic rings. The van der Waals surface area contributed by atoms with Gasteiger partial charge in [-0.1, -0.05) is 30.3 Å². The van der Waals surface area contributed by atoms with Gasteiger partial charge in [-0.25, -0.2) is 0 Å². The molecule has 4 rings (SSSR count). The van der Waals surface area contributed by atoms with Crippen LogP contribution in [0.1, 0.15) is 21.9 Å². The van der Waals surface area contributed by atoms with Crippen LogP contribution in [-0.4, -0.2) is 26.4 Å². The highest BCUT2D eigenvalue weighted by Crippen LogP contribution is 2.46. The van der Waals surface area contributed by atoms with Crippen molar-refractivity contribution in [3.05, 3.63) is 65.4 Å². The zero-order valence-corrected chi connectivity index (χ0v) is 14.9. The Labute approximate surface area is 150 Å². The molecule has 0 radical (unpaired) electrons. The van der Waals surface area contributed by atoms with Gasteiger partial charge in [-0.05, 0) is 30.2 Å². The number of nitrogens with one attached hydrogen (secondary N) is 1. The maximum atomic E-state index is 12.2. The van der Waals surface area contributed by atoms with Crippen LogP contribution >= 0.6 is 11.8 Å². The molecule has 1 N–H and O–H groups in total. The average molecular weight is 350 g/mol. The van der Waals surface area contributed by atoms with Crippen molar-refractivity contribution in [1.29, 1.82) is 0 Å². The van der Waals surface area contributed by atoms with Crippen molar-refractivity contribution in [3.63, 3.8) is 0 Å². The van der Waals surface area contributed by atoms with Crippen molar-refractivity contribution in [2.75, 3.05) is 11.1 Å². The first-order chi connectivity index (χ1) is 12.1. The van der Waals surface area contributed by atoms with E-state index in [0.717, 1.165) is 22.8 Å². The van der Waals surface area contributed by atoms with Gasteiger partial charge in [0.1, 0.15) is 11.5 Å². The first-order valence-electron chi connectivity index (χ1n) is 8.10. The topological polar surface area (TPSA) is 59.8 Å². The maximum Gasteiger partial charge on any atom is 0.235 e. The molecule has 6 heteroatoms. The van der Waals surface area contributed by atoms with Gasteiger partial charge in [0.2, 0.25) is 5.91 Å². The highest BCUT2D eigenvalue weighted by atomic mass is 32.2. The third kappa shape index (κ3) is 2.82. The molecule has 5 nitrogen and oxygen atoms in total. The lowest BCUT2D eigenvalue weighted by Crippen LogP contribution is -2.15. The zero-order chi connectivity index (χ0) is 17.4. The minimum Gasteiger partial charge on any atom is -0.310 e. The smallest absolute Gasteiger partial charge is 0.235 e. The Morgan fingerprint density at radius 3 is 2.76 bits per heavy atom. The standard InChI is InChI=1S/C19H18N4OS/c1-12-7-3-4-8-13(12)18-16-17(14-9-5-6-10-20-14)22-23(2)19(16)21-15(24)11-25-18/h3-10,18H,11H2,1-2H3,(H,21,24). The molecule has 0 aliphatic carbocycles. The number of aryl methyl sites for hydroxylation is 2. The van der Waals surface area contributed by atoms with E-state index in [9.17, 15) is 4.79 Å². The van der Waals surface area contributed by atoms with E-state index >= 15 is 0 Å². The number of benzene rings is 1. The second-order valence-electron chi connectivity index (χ2n) is 6.05. The molecule has 1 amide bonds. The van der Waals surface area contributed by atoms with E-state index in [0.29, 0.717) is 5.75 Å². The summed E-state index contributed by atoms with van der Waals surface area (Å²) in [6.45, 7) is 2.10. The van der Waals surface area contributed by atoms with Gasteiger partial charge in [0.25, 0.3) is 0 Å². The quantitative estimate of drug-likeness (QED) is 0.768. The average Bonchev–Trinajstić information content (AvgIpc) is 2.83. The van der Waals surface area contributed by atoms with Crippen molar-refractivity contribution in [1.82, 2.24) is 14.8 Å². The molecular weight excluding hydrogens is 332 g/mol. The molecule has 0 saturated carbocycles. The summed E-state index contributed by atoms with van der Waals surface area (Å²) in [5.41, 5.74) is 5.06. The predicted octanol–water partition coefficient (Wildman–Crippen LogP) is 3.57. The Hall–Kier alpha value is -2.60. The highest BCUT2D eigenvalue weighted by Gasteiger charge is 2.32. The Morgan fingerprint density at radius 2 is 2.00 bits per heavy atom. The van der Waals surface area contributed by atoms with Gasteiger partial charge in [0.15, 0.2) is 0 Å². The van der Waals surface area contributed by atoms with Crippen molar-refractivity contribution in [2.45, 2.75) is 12.2 Å². The molecule has 3 heterocycles. The van der Waals surface area contributed by atoms with Crippen LogP contribution in [0, 0.1) is 6.92 Å². The highest BCUT2D eigenvalue weighted by molar-refractivity contribution is 8.00. The summed E-state index contributed by atoms with van der Waals surface area (Å²) in [7, 11) is 1.86. The largest absolute Gasteiger partial charge is 0.310 e. The number of aromatic nitrogens is 3. The van der Waals surface area contributed by atoms with Crippen molar-refractivity contribution >= 4 is 23.5 Å². The molecule has 2 aromatic heterocycles. The van der Waals surface area contributed by atoms with Crippen LogP contribution in [0.25, 0.3) is 11.4 Å². The van der Waals surface area contributed by atoms with Crippen LogP contribution in [0.15, 0.2) is 48.7 Å². The van der Waals surface area contributed by atoms with Gasteiger partial charge in [0.05, 0.1) is 16.7 Å². The number of pyridine rings is 1. The van der Waals surface area contributed by atoms with Gasteiger partial charge in [-0.3, -0.25) is 14.5 Å². The number of rotatable bonds is 2. The third-order valence-electron chi connectivity index (χ3n) is 4.36. The van der Waals surface area contributed by atoms with E-state index in [1.165, 1.54) is 11.1 Å². The van der Waals surface area contributed by atoms with E-state index in [4.69, 9.17) is 0 Å². The molecule has 1 unspecified atom stereocenters. The van der Waals surface area contributed by atoms with Gasteiger partial charge in [0, 0.05) is 18.8 Å². The van der Waals surface area contributed by atoms with Crippen LogP contribution in [0.5, 0.6) is 0 Å². The van der Waals surface area contributed by atoms with E-state index in [2.05, 4.69) is 34.5 Å². The van der Waals surface area contributed by atoms with E-state index in [1.807, 2.05) is 37.4 Å². The Kier molecular flexibility index (Phi) is 4.05. The monoisotopic (exact) mass is 350 g/mol. The molecule has 126 valence electrons. The number of amides is 1. The number of hydrogen-bond donors (Lipinski definition) is 1. The Morgan fingerprint density at radius 1 is 1.20 bits per heavy atom. The van der Waals surface area contributed by atoms with Crippen molar-refractivity contribution in [3.8, 4) is 11.4 Å². The first kappa shape index (κ1) is 15.9. The number of hydrogen-bond acceptors (Lipinski definition) is 4. The van der Waals surface area contributed by atoms with E-state index in [-0.39, 0.29) is 11.2 Å². The van der Waals surface area contributed by atoms with Crippen LogP contribution in [-0.2, 0) is 11.8 Å². The molecular formula is C19H18N4OS. The first-order valence-corrected chi connectivity index (χ1v) is 9.15. The summed E-state index contributed by atoms with van der Waals surface area (Å²) in [6.07, 6.45) is 1.77. The van der Waals surface area contributed by atoms with Crippen molar-refractivity contribution < 1.29 is 4.79 Å². The maximum absolute atomic E-state index is 12.2. The fourth-order valence-corrected chi connectivity index (χ4v) is 4.39. The number of nitrogens with zero attached hydrogens (tertiary/aromatic N) is 3. The molecule has 0 spiro atoms. The molecule has 0 fully saturated rings. The molecule has 1 aliphatic rings. The normalized spacial score (nSPS) is 16.9. The SMILES string of the molecule is Cc1ccccc1C1SCC(=O)Nc2c1c(-c1ccccn1)nn2C. The van der Waals surface area contributed by atoms with Crippen LogP contribution in [0.3, 0.4) is 0 Å². The number of anilines is 1. The lowest BCUT2D eigenvalue weighted by molar-refractivity contribution is -0.113. The lowest BCUT2D eigenvalue weighted by Gasteiger charge is -2.18. The van der Waals surface area contributed by atoms with Crippen LogP contribution < -0.4 is 5.32 Å². The van der Waals surface area contributed by atoms with Crippen molar-refractivity contribution in [2.24, 2.45) is 7.05 Å². The fraction of sp³-hybridized carbons (Fsp3) is 0.211. The predicted molar refractivity (Wildman–Crippen MR) is 101 cm³/mol.